The SMILES string of the molecule is CCc1cc2c(SCC(=O)N[C@@H](C(=O)OC)[C@H](C)CC)ncnc2s1. The molecule has 6 nitrogen and oxygen atoms in total. The Morgan fingerprint density at radius 1 is 1.36 bits per heavy atom. The van der Waals surface area contributed by atoms with Crippen molar-refractivity contribution in [2.75, 3.05) is 12.9 Å². The number of nitrogens with one attached hydrogen (secondary N) is 1. The van der Waals surface area contributed by atoms with Gasteiger partial charge in [0.2, 0.25) is 5.91 Å². The van der Waals surface area contributed by atoms with Crippen LogP contribution in [-0.2, 0) is 20.7 Å². The van der Waals surface area contributed by atoms with Gasteiger partial charge in [0.1, 0.15) is 22.2 Å². The van der Waals surface area contributed by atoms with Crippen LogP contribution in [-0.4, -0.2) is 40.7 Å². The minimum atomic E-state index is -0.624. The number of aryl methyl sites for hydroxylation is 1. The molecule has 25 heavy (non-hydrogen) atoms. The molecule has 2 rings (SSSR count). The lowest BCUT2D eigenvalue weighted by molar-refractivity contribution is -0.146. The normalized spacial score (nSPS) is 13.4. The average Bonchev–Trinajstić information content (AvgIpc) is 3.07. The van der Waals surface area contributed by atoms with Crippen LogP contribution in [0.4, 0.5) is 0 Å². The standard InChI is InChI=1S/C17H23N3O3S2/c1-5-10(3)14(17(22)23-4)20-13(21)8-24-15-12-7-11(6-2)25-16(12)19-9-18-15/h7,9-10,14H,5-6,8H2,1-4H3,(H,20,21)/t10-,14-/m1/s1. The lowest BCUT2D eigenvalue weighted by Crippen LogP contribution is -2.46. The summed E-state index contributed by atoms with van der Waals surface area (Å²) < 4.78 is 4.79. The third-order valence-corrected chi connectivity index (χ3v) is 6.21. The maximum Gasteiger partial charge on any atom is 0.328 e. The number of ether oxygens (including phenoxy) is 1. The van der Waals surface area contributed by atoms with Crippen LogP contribution in [0.1, 0.15) is 32.1 Å². The molecule has 0 bridgehead atoms. The van der Waals surface area contributed by atoms with E-state index in [-0.39, 0.29) is 17.6 Å². The second-order valence-corrected chi connectivity index (χ2v) is 7.79. The number of amides is 1. The highest BCUT2D eigenvalue weighted by molar-refractivity contribution is 8.00. The molecule has 0 saturated carbocycles. The van der Waals surface area contributed by atoms with Gasteiger partial charge >= 0.3 is 5.97 Å². The maximum absolute atomic E-state index is 12.3. The molecule has 2 atom stereocenters. The van der Waals surface area contributed by atoms with Crippen LogP contribution in [0.3, 0.4) is 0 Å². The summed E-state index contributed by atoms with van der Waals surface area (Å²) in [6, 6.07) is 1.46. The number of aromatic nitrogens is 2. The lowest BCUT2D eigenvalue weighted by atomic mass is 9.99. The lowest BCUT2D eigenvalue weighted by Gasteiger charge is -2.21. The minimum absolute atomic E-state index is 0.0103. The van der Waals surface area contributed by atoms with Crippen molar-refractivity contribution < 1.29 is 14.3 Å². The van der Waals surface area contributed by atoms with E-state index in [1.165, 1.54) is 30.1 Å². The third-order valence-electron chi connectivity index (χ3n) is 4.02. The van der Waals surface area contributed by atoms with Gasteiger partial charge in [0.15, 0.2) is 0 Å². The first-order valence-corrected chi connectivity index (χ1v) is 10.0. The number of hydrogen-bond acceptors (Lipinski definition) is 7. The summed E-state index contributed by atoms with van der Waals surface area (Å²) in [7, 11) is 1.33. The summed E-state index contributed by atoms with van der Waals surface area (Å²) >= 11 is 3.00. The Hall–Kier alpha value is -1.67. The first-order valence-electron chi connectivity index (χ1n) is 8.23. The van der Waals surface area contributed by atoms with Crippen LogP contribution in [0.5, 0.6) is 0 Å². The predicted molar refractivity (Wildman–Crippen MR) is 101 cm³/mol. The first-order chi connectivity index (χ1) is 12.0. The number of carbonyl (C=O) groups excluding carboxylic acids is 2. The Bertz CT molecular complexity index is 748. The molecule has 0 aliphatic rings. The molecule has 0 aromatic carbocycles. The molecule has 0 saturated heterocycles. The fourth-order valence-electron chi connectivity index (χ4n) is 2.32. The number of rotatable bonds is 8. The molecule has 2 aromatic rings. The van der Waals surface area contributed by atoms with Crippen LogP contribution in [0.15, 0.2) is 17.4 Å². The summed E-state index contributed by atoms with van der Waals surface area (Å²) in [4.78, 5) is 34.9. The molecule has 2 heterocycles. The van der Waals surface area contributed by atoms with Crippen molar-refractivity contribution in [3.8, 4) is 0 Å². The monoisotopic (exact) mass is 381 g/mol. The molecule has 8 heteroatoms. The van der Waals surface area contributed by atoms with Crippen LogP contribution in [0.2, 0.25) is 0 Å². The quantitative estimate of drug-likeness (QED) is 0.430. The topological polar surface area (TPSA) is 81.2 Å². The number of nitrogens with zero attached hydrogens (tertiary/aromatic N) is 2. The Balaban J connectivity index is 2.04. The van der Waals surface area contributed by atoms with Gasteiger partial charge in [-0.3, -0.25) is 4.79 Å². The van der Waals surface area contributed by atoms with Crippen molar-refractivity contribution in [1.82, 2.24) is 15.3 Å². The van der Waals surface area contributed by atoms with E-state index in [0.717, 1.165) is 28.1 Å². The summed E-state index contributed by atoms with van der Waals surface area (Å²) in [5.74, 6) is -0.426. The van der Waals surface area contributed by atoms with E-state index in [2.05, 4.69) is 28.3 Å². The number of fused-ring (bicyclic) bond motifs is 1. The predicted octanol–water partition coefficient (Wildman–Crippen LogP) is 3.05. The van der Waals surface area contributed by atoms with Crippen molar-refractivity contribution in [2.24, 2.45) is 5.92 Å². The Kier molecular flexibility index (Phi) is 7.19. The van der Waals surface area contributed by atoms with E-state index in [9.17, 15) is 9.59 Å². The fraction of sp³-hybridized carbons (Fsp3) is 0.529. The summed E-state index contributed by atoms with van der Waals surface area (Å²) in [6.45, 7) is 5.99. The number of thioether (sulfide) groups is 1. The largest absolute Gasteiger partial charge is 0.467 e. The Labute approximate surface area is 155 Å². The molecule has 2 aromatic heterocycles. The third kappa shape index (κ3) is 4.92. The first kappa shape index (κ1) is 19.7. The van der Waals surface area contributed by atoms with E-state index in [4.69, 9.17) is 4.74 Å². The van der Waals surface area contributed by atoms with E-state index in [0.29, 0.717) is 0 Å². The average molecular weight is 382 g/mol. The van der Waals surface area contributed by atoms with Crippen molar-refractivity contribution in [3.63, 3.8) is 0 Å². The van der Waals surface area contributed by atoms with E-state index < -0.39 is 12.0 Å². The van der Waals surface area contributed by atoms with Gasteiger partial charge < -0.3 is 10.1 Å². The summed E-state index contributed by atoms with van der Waals surface area (Å²) in [6.07, 6.45) is 3.24. The number of hydrogen-bond donors (Lipinski definition) is 1. The van der Waals surface area contributed by atoms with E-state index in [1.807, 2.05) is 13.8 Å². The maximum atomic E-state index is 12.3. The Morgan fingerprint density at radius 3 is 2.76 bits per heavy atom. The van der Waals surface area contributed by atoms with Gasteiger partial charge in [-0.15, -0.1) is 11.3 Å². The van der Waals surface area contributed by atoms with Crippen LogP contribution >= 0.6 is 23.1 Å². The molecular weight excluding hydrogens is 358 g/mol. The number of esters is 1. The van der Waals surface area contributed by atoms with Crippen molar-refractivity contribution in [1.29, 1.82) is 0 Å². The van der Waals surface area contributed by atoms with Crippen LogP contribution < -0.4 is 5.32 Å². The van der Waals surface area contributed by atoms with E-state index in [1.54, 1.807) is 11.3 Å². The molecule has 0 radical (unpaired) electrons. The molecular formula is C17H23N3O3S2. The van der Waals surface area contributed by atoms with Gasteiger partial charge in [-0.25, -0.2) is 14.8 Å². The molecule has 136 valence electrons. The molecule has 0 fully saturated rings. The van der Waals surface area contributed by atoms with Gasteiger partial charge in [0.05, 0.1) is 12.9 Å². The second kappa shape index (κ2) is 9.15. The van der Waals surface area contributed by atoms with Crippen molar-refractivity contribution in [2.45, 2.75) is 44.7 Å². The van der Waals surface area contributed by atoms with Gasteiger partial charge in [-0.05, 0) is 18.4 Å². The summed E-state index contributed by atoms with van der Waals surface area (Å²) in [5.41, 5.74) is 0. The smallest absolute Gasteiger partial charge is 0.328 e. The molecule has 0 spiro atoms. The van der Waals surface area contributed by atoms with Gasteiger partial charge in [-0.1, -0.05) is 39.0 Å². The number of thiophene rings is 1. The van der Waals surface area contributed by atoms with E-state index >= 15 is 0 Å². The zero-order chi connectivity index (χ0) is 18.4. The molecule has 1 amide bonds. The van der Waals surface area contributed by atoms with Gasteiger partial charge in [-0.2, -0.15) is 0 Å². The van der Waals surface area contributed by atoms with Crippen molar-refractivity contribution in [3.05, 3.63) is 17.3 Å². The highest BCUT2D eigenvalue weighted by Gasteiger charge is 2.26. The highest BCUT2D eigenvalue weighted by Crippen LogP contribution is 2.30. The van der Waals surface area contributed by atoms with Crippen molar-refractivity contribution >= 4 is 45.2 Å². The molecule has 0 aliphatic heterocycles. The van der Waals surface area contributed by atoms with Crippen LogP contribution in [0.25, 0.3) is 10.2 Å². The molecule has 1 N–H and O–H groups in total. The molecule has 0 aliphatic carbocycles. The van der Waals surface area contributed by atoms with Gasteiger partial charge in [0, 0.05) is 10.3 Å². The Morgan fingerprint density at radius 2 is 2.12 bits per heavy atom. The van der Waals surface area contributed by atoms with Crippen LogP contribution in [0, 0.1) is 5.92 Å². The number of carbonyl (C=O) groups is 2. The fourth-order valence-corrected chi connectivity index (χ4v) is 4.10. The second-order valence-electron chi connectivity index (χ2n) is 5.71. The summed E-state index contributed by atoms with van der Waals surface area (Å²) in [5, 5.41) is 4.54. The molecule has 0 unspecified atom stereocenters. The number of methoxy groups -OCH3 is 1. The highest BCUT2D eigenvalue weighted by atomic mass is 32.2. The zero-order valence-corrected chi connectivity index (χ0v) is 16.5. The van der Waals surface area contributed by atoms with Gasteiger partial charge in [0.25, 0.3) is 0 Å². The zero-order valence-electron chi connectivity index (χ0n) is 14.9. The minimum Gasteiger partial charge on any atom is -0.467 e.